The molecule has 3 heterocycles. The highest BCUT2D eigenvalue weighted by Crippen LogP contribution is 2.42. The third-order valence-corrected chi connectivity index (χ3v) is 6.39. The van der Waals surface area contributed by atoms with Crippen LogP contribution in [0, 0.1) is 12.8 Å². The summed E-state index contributed by atoms with van der Waals surface area (Å²) in [6.07, 6.45) is 2.46. The summed E-state index contributed by atoms with van der Waals surface area (Å²) >= 11 is 0. The summed E-state index contributed by atoms with van der Waals surface area (Å²) in [5.74, 6) is 0.508. The van der Waals surface area contributed by atoms with Crippen molar-refractivity contribution in [3.8, 4) is 11.5 Å². The van der Waals surface area contributed by atoms with Crippen molar-refractivity contribution < 1.29 is 33.3 Å². The predicted molar refractivity (Wildman–Crippen MR) is 129 cm³/mol. The van der Waals surface area contributed by atoms with Crippen LogP contribution in [0.15, 0.2) is 46.1 Å². The van der Waals surface area contributed by atoms with Gasteiger partial charge in [0.25, 0.3) is 5.91 Å². The van der Waals surface area contributed by atoms with Gasteiger partial charge in [-0.15, -0.1) is 0 Å². The lowest BCUT2D eigenvalue weighted by atomic mass is 9.94. The minimum Gasteiger partial charge on any atom is -0.503 e. The first kappa shape index (κ1) is 24.9. The van der Waals surface area contributed by atoms with Crippen LogP contribution in [0.5, 0.6) is 11.5 Å². The third kappa shape index (κ3) is 5.22. The van der Waals surface area contributed by atoms with Crippen LogP contribution in [0.4, 0.5) is 0 Å². The second-order valence-electron chi connectivity index (χ2n) is 9.44. The lowest BCUT2D eigenvalue weighted by Crippen LogP contribution is -2.37. The first-order chi connectivity index (χ1) is 16.8. The van der Waals surface area contributed by atoms with Crippen LogP contribution in [0.25, 0.3) is 0 Å². The van der Waals surface area contributed by atoms with Gasteiger partial charge in [0.1, 0.15) is 5.76 Å². The van der Waals surface area contributed by atoms with E-state index < -0.39 is 23.5 Å². The summed E-state index contributed by atoms with van der Waals surface area (Å²) in [6.45, 7) is 7.42. The fourth-order valence-electron chi connectivity index (χ4n) is 4.50. The molecule has 2 unspecified atom stereocenters. The van der Waals surface area contributed by atoms with Crippen LogP contribution in [-0.2, 0) is 9.53 Å². The molecule has 1 fully saturated rings. The Labute approximate surface area is 205 Å². The van der Waals surface area contributed by atoms with Gasteiger partial charge in [0.05, 0.1) is 31.4 Å². The molecule has 35 heavy (non-hydrogen) atoms. The summed E-state index contributed by atoms with van der Waals surface area (Å²) in [5, 5.41) is 10.9. The standard InChI is InChI=1S/C27H33NO7/c1-16(2)11-13-34-20-10-8-18(14-22(20)32-4)24-23(25(29)21-9-7-17(3)35-21)26(30)27(31)28(24)15-19-6-5-12-33-19/h7-10,14,16,19,24,30H,5-6,11-13,15H2,1-4H3. The number of carbonyl (C=O) groups is 2. The lowest BCUT2D eigenvalue weighted by Gasteiger charge is -2.29. The molecule has 1 aromatic heterocycles. The van der Waals surface area contributed by atoms with E-state index in [1.807, 2.05) is 0 Å². The quantitative estimate of drug-likeness (QED) is 0.486. The van der Waals surface area contributed by atoms with Crippen molar-refractivity contribution in [2.75, 3.05) is 26.9 Å². The molecule has 0 bridgehead atoms. The van der Waals surface area contributed by atoms with Crippen molar-refractivity contribution in [2.24, 2.45) is 5.92 Å². The zero-order valence-electron chi connectivity index (χ0n) is 20.7. The van der Waals surface area contributed by atoms with E-state index in [0.717, 1.165) is 19.3 Å². The minimum absolute atomic E-state index is 0.0159. The molecule has 0 radical (unpaired) electrons. The number of rotatable bonds is 10. The molecule has 188 valence electrons. The van der Waals surface area contributed by atoms with Gasteiger partial charge in [-0.1, -0.05) is 19.9 Å². The molecule has 0 spiro atoms. The Morgan fingerprint density at radius 2 is 2.03 bits per heavy atom. The number of hydrogen-bond donors (Lipinski definition) is 1. The van der Waals surface area contributed by atoms with Crippen LogP contribution in [0.1, 0.15) is 61.0 Å². The highest BCUT2D eigenvalue weighted by Gasteiger charge is 2.45. The van der Waals surface area contributed by atoms with Gasteiger partial charge in [0.15, 0.2) is 23.0 Å². The molecular weight excluding hydrogens is 450 g/mol. The summed E-state index contributed by atoms with van der Waals surface area (Å²) in [4.78, 5) is 28.1. The van der Waals surface area contributed by atoms with Crippen LogP contribution < -0.4 is 9.47 Å². The monoisotopic (exact) mass is 483 g/mol. The largest absolute Gasteiger partial charge is 0.503 e. The SMILES string of the molecule is COc1cc(C2C(C(=O)c3ccc(C)o3)=C(O)C(=O)N2CC2CCCO2)ccc1OCCC(C)C. The average molecular weight is 484 g/mol. The molecule has 1 amide bonds. The van der Waals surface area contributed by atoms with Crippen LogP contribution in [-0.4, -0.2) is 54.7 Å². The number of Topliss-reactive ketones (excluding diaryl/α,β-unsaturated/α-hetero) is 1. The zero-order valence-corrected chi connectivity index (χ0v) is 20.7. The third-order valence-electron chi connectivity index (χ3n) is 6.39. The second kappa shape index (κ2) is 10.6. The highest BCUT2D eigenvalue weighted by atomic mass is 16.5. The highest BCUT2D eigenvalue weighted by molar-refractivity contribution is 6.15. The van der Waals surface area contributed by atoms with Gasteiger partial charge < -0.3 is 28.6 Å². The van der Waals surface area contributed by atoms with Gasteiger partial charge in [-0.3, -0.25) is 9.59 Å². The summed E-state index contributed by atoms with van der Waals surface area (Å²) < 4.78 is 22.8. The molecule has 2 aromatic rings. The molecular formula is C27H33NO7. The van der Waals surface area contributed by atoms with Crippen molar-refractivity contribution in [1.82, 2.24) is 4.90 Å². The van der Waals surface area contributed by atoms with E-state index in [4.69, 9.17) is 18.6 Å². The maximum absolute atomic E-state index is 13.4. The van der Waals surface area contributed by atoms with Crippen LogP contribution >= 0.6 is 0 Å². The molecule has 2 aliphatic heterocycles. The van der Waals surface area contributed by atoms with E-state index in [1.165, 1.54) is 4.90 Å². The Morgan fingerprint density at radius 1 is 1.23 bits per heavy atom. The number of amides is 1. The van der Waals surface area contributed by atoms with Crippen LogP contribution in [0.2, 0.25) is 0 Å². The number of nitrogens with zero attached hydrogens (tertiary/aromatic N) is 1. The maximum Gasteiger partial charge on any atom is 0.290 e. The number of ketones is 1. The first-order valence-corrected chi connectivity index (χ1v) is 12.1. The summed E-state index contributed by atoms with van der Waals surface area (Å²) in [6, 6.07) is 7.74. The topological polar surface area (TPSA) is 98.4 Å². The number of benzene rings is 1. The Balaban J connectivity index is 1.71. The fraction of sp³-hybridized carbons (Fsp3) is 0.481. The molecule has 2 aliphatic rings. The van der Waals surface area contributed by atoms with E-state index in [2.05, 4.69) is 13.8 Å². The number of aliphatic hydroxyl groups excluding tert-OH is 1. The number of hydrogen-bond acceptors (Lipinski definition) is 7. The van der Waals surface area contributed by atoms with Crippen molar-refractivity contribution in [2.45, 2.75) is 52.2 Å². The maximum atomic E-state index is 13.4. The van der Waals surface area contributed by atoms with Crippen molar-refractivity contribution in [3.63, 3.8) is 0 Å². The summed E-state index contributed by atoms with van der Waals surface area (Å²) in [7, 11) is 1.54. The smallest absolute Gasteiger partial charge is 0.290 e. The summed E-state index contributed by atoms with van der Waals surface area (Å²) in [5.41, 5.74) is 0.609. The molecule has 0 saturated carbocycles. The van der Waals surface area contributed by atoms with E-state index in [1.54, 1.807) is 44.4 Å². The Hall–Kier alpha value is -3.26. The molecule has 1 aromatic carbocycles. The van der Waals surface area contributed by atoms with Gasteiger partial charge in [0.2, 0.25) is 5.78 Å². The van der Waals surface area contributed by atoms with Gasteiger partial charge in [0, 0.05) is 13.2 Å². The Bertz CT molecular complexity index is 1110. The Morgan fingerprint density at radius 3 is 2.66 bits per heavy atom. The fourth-order valence-corrected chi connectivity index (χ4v) is 4.50. The van der Waals surface area contributed by atoms with E-state index in [-0.39, 0.29) is 24.0 Å². The molecule has 4 rings (SSSR count). The number of aryl methyl sites for hydroxylation is 1. The molecule has 0 aliphatic carbocycles. The molecule has 2 atom stereocenters. The number of carbonyl (C=O) groups excluding carboxylic acids is 2. The van der Waals surface area contributed by atoms with Crippen molar-refractivity contribution in [3.05, 3.63) is 58.7 Å². The number of ether oxygens (including phenoxy) is 3. The number of methoxy groups -OCH3 is 1. The van der Waals surface area contributed by atoms with E-state index >= 15 is 0 Å². The molecule has 1 saturated heterocycles. The Kier molecular flexibility index (Phi) is 7.50. The van der Waals surface area contributed by atoms with Crippen molar-refractivity contribution in [1.29, 1.82) is 0 Å². The normalized spacial score (nSPS) is 20.3. The molecule has 8 nitrogen and oxygen atoms in total. The molecule has 1 N–H and O–H groups in total. The second-order valence-corrected chi connectivity index (χ2v) is 9.44. The number of aliphatic hydroxyl groups is 1. The van der Waals surface area contributed by atoms with Gasteiger partial charge >= 0.3 is 0 Å². The van der Waals surface area contributed by atoms with E-state index in [9.17, 15) is 14.7 Å². The van der Waals surface area contributed by atoms with Crippen molar-refractivity contribution >= 4 is 11.7 Å². The number of furan rings is 1. The minimum atomic E-state index is -0.816. The molecule has 8 heteroatoms. The lowest BCUT2D eigenvalue weighted by molar-refractivity contribution is -0.131. The van der Waals surface area contributed by atoms with Gasteiger partial charge in [-0.05, 0) is 61.9 Å². The first-order valence-electron chi connectivity index (χ1n) is 12.1. The van der Waals surface area contributed by atoms with Gasteiger partial charge in [-0.25, -0.2) is 0 Å². The van der Waals surface area contributed by atoms with E-state index in [0.29, 0.717) is 42.0 Å². The van der Waals surface area contributed by atoms with Gasteiger partial charge in [-0.2, -0.15) is 0 Å². The predicted octanol–water partition coefficient (Wildman–Crippen LogP) is 4.78. The average Bonchev–Trinajstić information content (AvgIpc) is 3.56. The van der Waals surface area contributed by atoms with Crippen LogP contribution in [0.3, 0.4) is 0 Å². The zero-order chi connectivity index (χ0) is 25.1.